The number of nitrogens with one attached hydrogen (secondary N) is 1. The van der Waals surface area contributed by atoms with Crippen molar-refractivity contribution in [1.29, 1.82) is 0 Å². The third kappa shape index (κ3) is 3.26. The first-order valence-electron chi connectivity index (χ1n) is 8.57. The summed E-state index contributed by atoms with van der Waals surface area (Å²) in [5.41, 5.74) is 2.99. The average Bonchev–Trinajstić information content (AvgIpc) is 3.16. The summed E-state index contributed by atoms with van der Waals surface area (Å²) in [5, 5.41) is 7.60. The number of aromatic nitrogens is 3. The zero-order valence-corrected chi connectivity index (χ0v) is 16.2. The molecule has 2 aromatic carbocycles. The van der Waals surface area contributed by atoms with E-state index in [1.165, 1.54) is 6.33 Å². The fraction of sp³-hybridized carbons (Fsp3) is 0.150. The molecule has 1 aliphatic rings. The number of hydrogen-bond acceptors (Lipinski definition) is 5. The molecule has 0 saturated carbocycles. The van der Waals surface area contributed by atoms with Crippen molar-refractivity contribution in [3.8, 4) is 0 Å². The molecule has 1 unspecified atom stereocenters. The lowest BCUT2D eigenvalue weighted by Gasteiger charge is -2.29. The van der Waals surface area contributed by atoms with Gasteiger partial charge >= 0.3 is 5.97 Å². The predicted octanol–water partition coefficient (Wildman–Crippen LogP) is 4.03. The lowest BCUT2D eigenvalue weighted by molar-refractivity contribution is -0.138. The van der Waals surface area contributed by atoms with Crippen molar-refractivity contribution in [2.75, 3.05) is 11.9 Å². The Bertz CT molecular complexity index is 996. The van der Waals surface area contributed by atoms with Crippen molar-refractivity contribution >= 4 is 33.5 Å². The Hall–Kier alpha value is -2.93. The Labute approximate surface area is 165 Å². The van der Waals surface area contributed by atoms with Crippen molar-refractivity contribution in [2.45, 2.75) is 13.0 Å². The van der Waals surface area contributed by atoms with Crippen molar-refractivity contribution in [2.24, 2.45) is 0 Å². The van der Waals surface area contributed by atoms with Crippen LogP contribution >= 0.6 is 15.9 Å². The van der Waals surface area contributed by atoms with Gasteiger partial charge in [-0.25, -0.2) is 9.48 Å². The minimum absolute atomic E-state index is 0.293. The van der Waals surface area contributed by atoms with Crippen molar-refractivity contribution < 1.29 is 9.53 Å². The minimum atomic E-state index is -0.439. The molecule has 1 atom stereocenters. The van der Waals surface area contributed by atoms with Crippen LogP contribution in [0.25, 0.3) is 5.70 Å². The van der Waals surface area contributed by atoms with Crippen LogP contribution in [0.4, 0.5) is 5.95 Å². The number of halogens is 1. The summed E-state index contributed by atoms with van der Waals surface area (Å²) < 4.78 is 8.06. The number of anilines is 1. The van der Waals surface area contributed by atoms with Crippen LogP contribution in [0.15, 0.2) is 71.0 Å². The zero-order valence-electron chi connectivity index (χ0n) is 14.6. The number of ether oxygens (including phenoxy) is 1. The fourth-order valence-electron chi connectivity index (χ4n) is 3.17. The first kappa shape index (κ1) is 17.5. The van der Waals surface area contributed by atoms with Gasteiger partial charge in [0.2, 0.25) is 5.95 Å². The average molecular weight is 425 g/mol. The maximum atomic E-state index is 13.0. The summed E-state index contributed by atoms with van der Waals surface area (Å²) >= 11 is 3.46. The molecule has 27 heavy (non-hydrogen) atoms. The zero-order chi connectivity index (χ0) is 18.8. The van der Waals surface area contributed by atoms with Gasteiger partial charge in [0.05, 0.1) is 17.9 Å². The Kier molecular flexibility index (Phi) is 4.77. The minimum Gasteiger partial charge on any atom is -0.463 e. The molecule has 0 bridgehead atoms. The third-order valence-corrected chi connectivity index (χ3v) is 4.87. The van der Waals surface area contributed by atoms with Gasteiger partial charge in [-0.05, 0) is 30.2 Å². The predicted molar refractivity (Wildman–Crippen MR) is 106 cm³/mol. The van der Waals surface area contributed by atoms with E-state index in [0.29, 0.717) is 23.8 Å². The second kappa shape index (κ2) is 7.36. The van der Waals surface area contributed by atoms with Crippen LogP contribution in [-0.4, -0.2) is 27.3 Å². The summed E-state index contributed by atoms with van der Waals surface area (Å²) in [6, 6.07) is 17.1. The summed E-state index contributed by atoms with van der Waals surface area (Å²) in [5.74, 6) is 0.202. The molecule has 0 fully saturated rings. The highest BCUT2D eigenvalue weighted by Gasteiger charge is 2.36. The maximum Gasteiger partial charge on any atom is 0.338 e. The van der Waals surface area contributed by atoms with Gasteiger partial charge in [-0.1, -0.05) is 58.4 Å². The lowest BCUT2D eigenvalue weighted by atomic mass is 9.93. The summed E-state index contributed by atoms with van der Waals surface area (Å²) in [6.45, 7) is 2.09. The van der Waals surface area contributed by atoms with Gasteiger partial charge in [0, 0.05) is 4.47 Å². The van der Waals surface area contributed by atoms with Crippen molar-refractivity contribution in [1.82, 2.24) is 14.8 Å². The van der Waals surface area contributed by atoms with Crippen molar-refractivity contribution in [3.05, 3.63) is 82.1 Å². The van der Waals surface area contributed by atoms with E-state index < -0.39 is 6.04 Å². The molecule has 1 aromatic heterocycles. The van der Waals surface area contributed by atoms with E-state index >= 15 is 0 Å². The molecule has 0 amide bonds. The second-order valence-corrected chi connectivity index (χ2v) is 6.90. The summed E-state index contributed by atoms with van der Waals surface area (Å²) in [6.07, 6.45) is 1.48. The molecule has 7 heteroatoms. The van der Waals surface area contributed by atoms with E-state index in [0.717, 1.165) is 15.6 Å². The molecule has 0 spiro atoms. The van der Waals surface area contributed by atoms with E-state index in [1.807, 2.05) is 54.6 Å². The van der Waals surface area contributed by atoms with Gasteiger partial charge < -0.3 is 10.1 Å². The molecule has 0 radical (unpaired) electrons. The normalized spacial score (nSPS) is 15.9. The van der Waals surface area contributed by atoms with Gasteiger partial charge in [0.15, 0.2) is 0 Å². The maximum absolute atomic E-state index is 13.0. The first-order valence-corrected chi connectivity index (χ1v) is 9.37. The van der Waals surface area contributed by atoms with E-state index in [2.05, 4.69) is 31.3 Å². The molecule has 1 aliphatic heterocycles. The number of nitrogens with zero attached hydrogens (tertiary/aromatic N) is 3. The standard InChI is InChI=1S/C20H17BrN4O2/c1-2-27-19(26)16-17(13-6-4-3-5-7-13)24-20-22-12-23-25(20)18(16)14-8-10-15(21)11-9-14/h3-12,18H,2H2,1H3,(H,22,23,24). The number of fused-ring (bicyclic) bond motifs is 1. The highest BCUT2D eigenvalue weighted by molar-refractivity contribution is 9.10. The quantitative estimate of drug-likeness (QED) is 0.640. The van der Waals surface area contributed by atoms with E-state index in [9.17, 15) is 4.79 Å². The number of carbonyl (C=O) groups excluding carboxylic acids is 1. The van der Waals surface area contributed by atoms with Gasteiger partial charge in [-0.3, -0.25) is 0 Å². The Morgan fingerprint density at radius 2 is 1.93 bits per heavy atom. The Morgan fingerprint density at radius 3 is 2.63 bits per heavy atom. The van der Waals surface area contributed by atoms with Crippen LogP contribution in [0.3, 0.4) is 0 Å². The molecule has 0 saturated heterocycles. The topological polar surface area (TPSA) is 69.0 Å². The number of esters is 1. The highest BCUT2D eigenvalue weighted by atomic mass is 79.9. The van der Waals surface area contributed by atoms with Crippen LogP contribution in [0.5, 0.6) is 0 Å². The first-order chi connectivity index (χ1) is 13.2. The molecule has 4 rings (SSSR count). The molecule has 3 aromatic rings. The van der Waals surface area contributed by atoms with Crippen LogP contribution in [0, 0.1) is 0 Å². The molecule has 0 aliphatic carbocycles. The van der Waals surface area contributed by atoms with Crippen LogP contribution in [0.1, 0.15) is 24.1 Å². The fourth-order valence-corrected chi connectivity index (χ4v) is 3.44. The van der Waals surface area contributed by atoms with Gasteiger partial charge in [0.25, 0.3) is 0 Å². The third-order valence-electron chi connectivity index (χ3n) is 4.34. The van der Waals surface area contributed by atoms with Gasteiger partial charge in [-0.2, -0.15) is 10.1 Å². The SMILES string of the molecule is CCOC(=O)C1=C(c2ccccc2)Nc2ncnn2C1c1ccc(Br)cc1. The van der Waals surface area contributed by atoms with Crippen molar-refractivity contribution in [3.63, 3.8) is 0 Å². The lowest BCUT2D eigenvalue weighted by Crippen LogP contribution is -2.30. The Balaban J connectivity index is 1.95. The van der Waals surface area contributed by atoms with Gasteiger partial charge in [0.1, 0.15) is 12.4 Å². The van der Waals surface area contributed by atoms with Crippen LogP contribution in [0.2, 0.25) is 0 Å². The number of benzene rings is 2. The largest absolute Gasteiger partial charge is 0.463 e. The number of carbonyl (C=O) groups is 1. The second-order valence-electron chi connectivity index (χ2n) is 5.98. The molecular weight excluding hydrogens is 408 g/mol. The molecule has 6 nitrogen and oxygen atoms in total. The van der Waals surface area contributed by atoms with Crippen LogP contribution in [-0.2, 0) is 9.53 Å². The number of hydrogen-bond donors (Lipinski definition) is 1. The Morgan fingerprint density at radius 1 is 1.19 bits per heavy atom. The smallest absolute Gasteiger partial charge is 0.338 e. The molecule has 136 valence electrons. The molecule has 1 N–H and O–H groups in total. The van der Waals surface area contributed by atoms with Gasteiger partial charge in [-0.15, -0.1) is 0 Å². The number of rotatable bonds is 4. The van der Waals surface area contributed by atoms with E-state index in [4.69, 9.17) is 4.74 Å². The van der Waals surface area contributed by atoms with E-state index in [-0.39, 0.29) is 5.97 Å². The molecular formula is C20H17BrN4O2. The summed E-state index contributed by atoms with van der Waals surface area (Å²) in [4.78, 5) is 17.3. The summed E-state index contributed by atoms with van der Waals surface area (Å²) in [7, 11) is 0. The molecule has 2 heterocycles. The van der Waals surface area contributed by atoms with Crippen LogP contribution < -0.4 is 5.32 Å². The highest BCUT2D eigenvalue weighted by Crippen LogP contribution is 2.38. The monoisotopic (exact) mass is 424 g/mol. The van der Waals surface area contributed by atoms with E-state index in [1.54, 1.807) is 11.6 Å².